The second kappa shape index (κ2) is 9.38. The summed E-state index contributed by atoms with van der Waals surface area (Å²) in [6.07, 6.45) is -0.0741. The quantitative estimate of drug-likeness (QED) is 0.506. The second-order valence-corrected chi connectivity index (χ2v) is 9.69. The topological polar surface area (TPSA) is 116 Å². The van der Waals surface area contributed by atoms with Gasteiger partial charge >= 0.3 is 6.09 Å². The number of carboxylic acid groups (broad SMARTS) is 1. The van der Waals surface area contributed by atoms with Crippen LogP contribution in [-0.4, -0.2) is 48.8 Å². The molecule has 1 atom stereocenters. The Hall–Kier alpha value is -3.15. The number of halogens is 2. The lowest BCUT2D eigenvalue weighted by molar-refractivity contribution is 0.205. The van der Waals surface area contributed by atoms with Crippen molar-refractivity contribution in [2.45, 2.75) is 23.9 Å². The smallest absolute Gasteiger partial charge is 0.427 e. The highest BCUT2D eigenvalue weighted by atomic mass is 35.5. The van der Waals surface area contributed by atoms with Crippen LogP contribution in [0.15, 0.2) is 64.2 Å². The van der Waals surface area contributed by atoms with Gasteiger partial charge in [0.25, 0.3) is 10.0 Å². The van der Waals surface area contributed by atoms with Gasteiger partial charge in [0.2, 0.25) is 0 Å². The number of hydrogen-bond donors (Lipinski definition) is 2. The lowest BCUT2D eigenvalue weighted by Gasteiger charge is -2.20. The molecule has 0 bridgehead atoms. The maximum absolute atomic E-state index is 14.9. The van der Waals surface area contributed by atoms with Gasteiger partial charge in [-0.15, -0.1) is 4.31 Å². The van der Waals surface area contributed by atoms with E-state index in [4.69, 9.17) is 11.6 Å². The molecule has 1 fully saturated rings. The van der Waals surface area contributed by atoms with Crippen LogP contribution in [0.2, 0.25) is 5.02 Å². The normalized spacial score (nSPS) is 16.6. The number of sulfonamides is 1. The van der Waals surface area contributed by atoms with Gasteiger partial charge in [-0.05, 0) is 24.1 Å². The zero-order chi connectivity index (χ0) is 23.6. The van der Waals surface area contributed by atoms with Crippen LogP contribution in [0.3, 0.4) is 0 Å². The van der Waals surface area contributed by atoms with Gasteiger partial charge in [0.05, 0.1) is 10.7 Å². The summed E-state index contributed by atoms with van der Waals surface area (Å²) in [5, 5.41) is 15.8. The van der Waals surface area contributed by atoms with Crippen molar-refractivity contribution in [3.8, 4) is 0 Å². The second-order valence-electron chi connectivity index (χ2n) is 7.52. The summed E-state index contributed by atoms with van der Waals surface area (Å²) in [4.78, 5) is 12.9. The molecule has 2 N–H and O–H groups in total. The van der Waals surface area contributed by atoms with Gasteiger partial charge < -0.3 is 14.9 Å². The average Bonchev–Trinajstić information content (AvgIpc) is 3.43. The van der Waals surface area contributed by atoms with E-state index < -0.39 is 32.6 Å². The molecule has 0 spiro atoms. The predicted octanol–water partition coefficient (Wildman–Crippen LogP) is 4.03. The molecule has 4 rings (SSSR count). The number of rotatable bonds is 7. The highest BCUT2D eigenvalue weighted by Gasteiger charge is 2.36. The fraction of sp³-hybridized carbons (Fsp3) is 0.238. The zero-order valence-electron chi connectivity index (χ0n) is 17.2. The standard InChI is InChI=1S/C21H20ClFN4O5S/c22-16-10-19(33(30,31)27(21(28)29)20-7-9-32-25-20)17(23)11-18(16)24-15-6-8-26(13-15)12-14-4-2-1-3-5-14/h1-5,7,9-11,15,24H,6,8,12-13H2,(H,28,29)/t15-/m0/s1. The fourth-order valence-electron chi connectivity index (χ4n) is 3.73. The molecule has 1 aromatic heterocycles. The third kappa shape index (κ3) is 4.95. The van der Waals surface area contributed by atoms with Crippen LogP contribution in [0.25, 0.3) is 0 Å². The molecule has 174 valence electrons. The third-order valence-corrected chi connectivity index (χ3v) is 7.23. The van der Waals surface area contributed by atoms with E-state index in [-0.39, 0.29) is 21.1 Å². The van der Waals surface area contributed by atoms with Crippen LogP contribution in [0, 0.1) is 5.82 Å². The van der Waals surface area contributed by atoms with Gasteiger partial charge in [-0.3, -0.25) is 4.90 Å². The summed E-state index contributed by atoms with van der Waals surface area (Å²) >= 11 is 6.25. The molecule has 1 aliphatic rings. The van der Waals surface area contributed by atoms with Gasteiger partial charge in [-0.2, -0.15) is 0 Å². The Morgan fingerprint density at radius 3 is 2.73 bits per heavy atom. The monoisotopic (exact) mass is 494 g/mol. The molecule has 2 aromatic carbocycles. The number of benzene rings is 2. The minimum Gasteiger partial charge on any atom is -0.464 e. The first-order valence-corrected chi connectivity index (χ1v) is 11.8. The first-order chi connectivity index (χ1) is 15.8. The lowest BCUT2D eigenvalue weighted by Crippen LogP contribution is -2.36. The summed E-state index contributed by atoms with van der Waals surface area (Å²) in [7, 11) is -4.85. The van der Waals surface area contributed by atoms with Crippen molar-refractivity contribution in [3.63, 3.8) is 0 Å². The molecule has 0 radical (unpaired) electrons. The Kier molecular flexibility index (Phi) is 6.54. The Morgan fingerprint density at radius 1 is 1.30 bits per heavy atom. The number of likely N-dealkylation sites (tertiary alicyclic amines) is 1. The molecular weight excluding hydrogens is 475 g/mol. The summed E-state index contributed by atoms with van der Waals surface area (Å²) in [6, 6.07) is 12.9. The maximum atomic E-state index is 14.9. The number of amides is 1. The van der Waals surface area contributed by atoms with Crippen molar-refractivity contribution < 1.29 is 27.2 Å². The predicted molar refractivity (Wildman–Crippen MR) is 119 cm³/mol. The van der Waals surface area contributed by atoms with Crippen LogP contribution in [0.4, 0.5) is 20.7 Å². The summed E-state index contributed by atoms with van der Waals surface area (Å²) < 4.78 is 45.0. The van der Waals surface area contributed by atoms with E-state index in [2.05, 4.69) is 19.9 Å². The minimum absolute atomic E-state index is 0.0151. The summed E-state index contributed by atoms with van der Waals surface area (Å²) in [5.41, 5.74) is 1.41. The fourth-order valence-corrected chi connectivity index (χ4v) is 5.32. The molecule has 1 aliphatic heterocycles. The molecule has 33 heavy (non-hydrogen) atoms. The Balaban J connectivity index is 1.51. The Bertz CT molecular complexity index is 1240. The van der Waals surface area contributed by atoms with Crippen LogP contribution in [-0.2, 0) is 16.6 Å². The van der Waals surface area contributed by atoms with E-state index >= 15 is 0 Å². The zero-order valence-corrected chi connectivity index (χ0v) is 18.8. The van der Waals surface area contributed by atoms with E-state index in [9.17, 15) is 22.7 Å². The molecule has 0 unspecified atom stereocenters. The van der Waals surface area contributed by atoms with Crippen molar-refractivity contribution >= 4 is 39.2 Å². The van der Waals surface area contributed by atoms with Crippen molar-refractivity contribution in [2.75, 3.05) is 22.7 Å². The minimum atomic E-state index is -4.85. The van der Waals surface area contributed by atoms with Crippen LogP contribution in [0.5, 0.6) is 0 Å². The highest BCUT2D eigenvalue weighted by molar-refractivity contribution is 7.93. The number of nitrogens with zero attached hydrogens (tertiary/aromatic N) is 3. The number of carbonyl (C=O) groups is 1. The number of anilines is 2. The van der Waals surface area contributed by atoms with E-state index in [1.165, 1.54) is 5.56 Å². The summed E-state index contributed by atoms with van der Waals surface area (Å²) in [5.74, 6) is -1.67. The molecule has 0 saturated carbocycles. The van der Waals surface area contributed by atoms with Gasteiger partial charge in [0, 0.05) is 31.7 Å². The molecule has 12 heteroatoms. The van der Waals surface area contributed by atoms with Gasteiger partial charge in [-0.25, -0.2) is 17.6 Å². The SMILES string of the molecule is O=C(O)N(c1ccon1)S(=O)(=O)c1cc(Cl)c(N[C@H]2CCN(Cc3ccccc3)C2)cc1F. The molecular formula is C21H20ClFN4O5S. The van der Waals surface area contributed by atoms with Gasteiger partial charge in [-0.1, -0.05) is 47.1 Å². The lowest BCUT2D eigenvalue weighted by atomic mass is 10.2. The molecule has 3 aromatic rings. The van der Waals surface area contributed by atoms with Crippen molar-refractivity contribution in [3.05, 3.63) is 71.2 Å². The number of hydrogen-bond acceptors (Lipinski definition) is 7. The molecule has 1 amide bonds. The number of aromatic nitrogens is 1. The molecule has 1 saturated heterocycles. The first-order valence-electron chi connectivity index (χ1n) is 9.96. The maximum Gasteiger partial charge on any atom is 0.427 e. The molecule has 2 heterocycles. The van der Waals surface area contributed by atoms with Crippen LogP contribution >= 0.6 is 11.6 Å². The largest absolute Gasteiger partial charge is 0.464 e. The van der Waals surface area contributed by atoms with E-state index in [0.29, 0.717) is 6.54 Å². The van der Waals surface area contributed by atoms with Gasteiger partial charge in [0.1, 0.15) is 17.0 Å². The summed E-state index contributed by atoms with van der Waals surface area (Å²) in [6.45, 7) is 2.32. The Labute approximate surface area is 194 Å². The van der Waals surface area contributed by atoms with E-state index in [1.807, 2.05) is 30.3 Å². The highest BCUT2D eigenvalue weighted by Crippen LogP contribution is 2.32. The average molecular weight is 495 g/mol. The van der Waals surface area contributed by atoms with Crippen LogP contribution in [0.1, 0.15) is 12.0 Å². The van der Waals surface area contributed by atoms with Crippen LogP contribution < -0.4 is 9.62 Å². The first kappa shape index (κ1) is 23.0. The van der Waals surface area contributed by atoms with Crippen molar-refractivity contribution in [1.29, 1.82) is 0 Å². The Morgan fingerprint density at radius 2 is 2.06 bits per heavy atom. The van der Waals surface area contributed by atoms with Gasteiger partial charge in [0.15, 0.2) is 5.82 Å². The van der Waals surface area contributed by atoms with Crippen molar-refractivity contribution in [1.82, 2.24) is 10.1 Å². The molecule has 0 aliphatic carbocycles. The van der Waals surface area contributed by atoms with Crippen molar-refractivity contribution in [2.24, 2.45) is 0 Å². The third-order valence-electron chi connectivity index (χ3n) is 5.23. The molecule has 9 nitrogen and oxygen atoms in total. The van der Waals surface area contributed by atoms with E-state index in [1.54, 1.807) is 0 Å². The number of nitrogens with one attached hydrogen (secondary N) is 1. The van der Waals surface area contributed by atoms with E-state index in [0.717, 1.165) is 44.0 Å².